The zero-order valence-corrected chi connectivity index (χ0v) is 18.2. The number of carbonyl (C=O) groups is 2. The van der Waals surface area contributed by atoms with Crippen molar-refractivity contribution < 1.29 is 19.1 Å². The Morgan fingerprint density at radius 1 is 1.21 bits per heavy atom. The summed E-state index contributed by atoms with van der Waals surface area (Å²) in [5, 5.41) is -0.380. The molecule has 0 aliphatic carbocycles. The Labute approximate surface area is 180 Å². The van der Waals surface area contributed by atoms with Crippen LogP contribution in [0.1, 0.15) is 24.7 Å². The summed E-state index contributed by atoms with van der Waals surface area (Å²) in [5.74, 6) is 0.517. The van der Waals surface area contributed by atoms with E-state index in [1.54, 1.807) is 12.0 Å². The molecule has 0 fully saturated rings. The summed E-state index contributed by atoms with van der Waals surface area (Å²) in [6.45, 7) is 3.77. The normalized spacial score (nSPS) is 19.9. The zero-order valence-electron chi connectivity index (χ0n) is 16.6. The number of hydrogen-bond donors (Lipinski definition) is 0. The van der Waals surface area contributed by atoms with Gasteiger partial charge in [-0.1, -0.05) is 31.2 Å². The quantitative estimate of drug-likeness (QED) is 0.489. The van der Waals surface area contributed by atoms with Gasteiger partial charge in [0.2, 0.25) is 0 Å². The number of para-hydroxylation sites is 1. The number of esters is 1. The molecule has 0 saturated heterocycles. The molecule has 0 saturated carbocycles. The molecule has 2 aromatic carbocycles. The maximum absolute atomic E-state index is 13.6. The number of alkyl halides is 1. The second-order valence-electron chi connectivity index (χ2n) is 7.02. The molecule has 7 heteroatoms. The van der Waals surface area contributed by atoms with Crippen molar-refractivity contribution in [3.05, 3.63) is 54.1 Å². The summed E-state index contributed by atoms with van der Waals surface area (Å²) in [6.07, 6.45) is -0.944. The van der Waals surface area contributed by atoms with Crippen LogP contribution in [0.25, 0.3) is 0 Å². The lowest BCUT2D eigenvalue weighted by Gasteiger charge is -2.29. The lowest BCUT2D eigenvalue weighted by Crippen LogP contribution is -2.44. The highest BCUT2D eigenvalue weighted by Crippen LogP contribution is 2.47. The molecule has 29 heavy (non-hydrogen) atoms. The van der Waals surface area contributed by atoms with Crippen LogP contribution in [0.2, 0.25) is 0 Å². The van der Waals surface area contributed by atoms with Gasteiger partial charge in [-0.15, -0.1) is 23.4 Å². The van der Waals surface area contributed by atoms with Crippen molar-refractivity contribution >= 4 is 40.9 Å². The summed E-state index contributed by atoms with van der Waals surface area (Å²) in [6, 6.07) is 15.2. The monoisotopic (exact) mass is 433 g/mol. The molecule has 1 aliphatic rings. The van der Waals surface area contributed by atoms with Crippen molar-refractivity contribution in [1.82, 2.24) is 0 Å². The SMILES string of the molecule is COc1ccc(C2Sc3ccccc3N(CC(C)CCl)C(=O)C2OC(C)=O)cc1. The first-order chi connectivity index (χ1) is 13.9. The predicted octanol–water partition coefficient (Wildman–Crippen LogP) is 4.68. The first-order valence-corrected chi connectivity index (χ1v) is 10.8. The van der Waals surface area contributed by atoms with Crippen molar-refractivity contribution in [2.45, 2.75) is 30.1 Å². The van der Waals surface area contributed by atoms with Crippen molar-refractivity contribution in [3.8, 4) is 5.75 Å². The van der Waals surface area contributed by atoms with Crippen LogP contribution < -0.4 is 9.64 Å². The molecule has 1 amide bonds. The van der Waals surface area contributed by atoms with Crippen LogP contribution in [-0.2, 0) is 14.3 Å². The molecule has 1 aliphatic heterocycles. The topological polar surface area (TPSA) is 55.8 Å². The van der Waals surface area contributed by atoms with Crippen molar-refractivity contribution in [1.29, 1.82) is 0 Å². The zero-order chi connectivity index (χ0) is 21.0. The number of methoxy groups -OCH3 is 1. The number of nitrogens with zero attached hydrogens (tertiary/aromatic N) is 1. The molecule has 0 radical (unpaired) electrons. The first-order valence-electron chi connectivity index (χ1n) is 9.38. The van der Waals surface area contributed by atoms with E-state index in [1.165, 1.54) is 18.7 Å². The van der Waals surface area contributed by atoms with Gasteiger partial charge in [0.05, 0.1) is 18.0 Å². The van der Waals surface area contributed by atoms with Crippen LogP contribution in [-0.4, -0.2) is 37.5 Å². The van der Waals surface area contributed by atoms with Gasteiger partial charge < -0.3 is 14.4 Å². The average Bonchev–Trinajstić information content (AvgIpc) is 2.84. The Morgan fingerprint density at radius 3 is 2.52 bits per heavy atom. The minimum absolute atomic E-state index is 0.0918. The van der Waals surface area contributed by atoms with Crippen LogP contribution in [0.15, 0.2) is 53.4 Å². The largest absolute Gasteiger partial charge is 0.497 e. The van der Waals surface area contributed by atoms with Gasteiger partial charge >= 0.3 is 5.97 Å². The van der Waals surface area contributed by atoms with E-state index < -0.39 is 12.1 Å². The van der Waals surface area contributed by atoms with E-state index in [-0.39, 0.29) is 17.1 Å². The van der Waals surface area contributed by atoms with Crippen LogP contribution in [0.3, 0.4) is 0 Å². The number of halogens is 1. The first kappa shape index (κ1) is 21.5. The van der Waals surface area contributed by atoms with Gasteiger partial charge in [0, 0.05) is 24.2 Å². The molecule has 2 aromatic rings. The van der Waals surface area contributed by atoms with Crippen LogP contribution in [0.4, 0.5) is 5.69 Å². The Balaban J connectivity index is 2.08. The van der Waals surface area contributed by atoms with Gasteiger partial charge in [0.25, 0.3) is 5.91 Å². The van der Waals surface area contributed by atoms with Crippen molar-refractivity contribution in [2.24, 2.45) is 5.92 Å². The van der Waals surface area contributed by atoms with E-state index in [4.69, 9.17) is 21.1 Å². The summed E-state index contributed by atoms with van der Waals surface area (Å²) in [5.41, 5.74) is 1.70. The molecular formula is C22H24ClNO4S. The van der Waals surface area contributed by atoms with Gasteiger partial charge in [0.15, 0.2) is 6.10 Å². The van der Waals surface area contributed by atoms with E-state index in [0.717, 1.165) is 21.9 Å². The highest BCUT2D eigenvalue weighted by Gasteiger charge is 2.41. The average molecular weight is 434 g/mol. The van der Waals surface area contributed by atoms with Crippen LogP contribution in [0.5, 0.6) is 5.75 Å². The Hall–Kier alpha value is -2.18. The smallest absolute Gasteiger partial charge is 0.303 e. The number of fused-ring (bicyclic) bond motifs is 1. The van der Waals surface area contributed by atoms with E-state index in [1.807, 2.05) is 55.5 Å². The predicted molar refractivity (Wildman–Crippen MR) is 116 cm³/mol. The molecule has 154 valence electrons. The number of anilines is 1. The summed E-state index contributed by atoms with van der Waals surface area (Å²) >= 11 is 7.54. The summed E-state index contributed by atoms with van der Waals surface area (Å²) in [7, 11) is 1.60. The van der Waals surface area contributed by atoms with Crippen LogP contribution in [0, 0.1) is 5.92 Å². The molecule has 1 heterocycles. The fourth-order valence-electron chi connectivity index (χ4n) is 3.26. The molecule has 0 N–H and O–H groups in total. The van der Waals surface area contributed by atoms with Gasteiger partial charge in [-0.25, -0.2) is 0 Å². The molecule has 0 spiro atoms. The molecule has 3 atom stereocenters. The number of amides is 1. The molecule has 5 nitrogen and oxygen atoms in total. The standard InChI is InChI=1S/C22H24ClNO4S/c1-14(12-23)13-24-18-6-4-5-7-19(18)29-21(20(22(24)26)28-15(2)25)16-8-10-17(27-3)11-9-16/h4-11,14,20-21H,12-13H2,1-3H3. The maximum Gasteiger partial charge on any atom is 0.303 e. The molecule has 0 aromatic heterocycles. The summed E-state index contributed by atoms with van der Waals surface area (Å²) in [4.78, 5) is 28.1. The number of rotatable bonds is 6. The third-order valence-electron chi connectivity index (χ3n) is 4.69. The Bertz CT molecular complexity index is 873. The second-order valence-corrected chi connectivity index (χ2v) is 8.51. The van der Waals surface area contributed by atoms with E-state index in [0.29, 0.717) is 12.4 Å². The lowest BCUT2D eigenvalue weighted by molar-refractivity contribution is -0.152. The third kappa shape index (κ3) is 4.87. The van der Waals surface area contributed by atoms with E-state index in [9.17, 15) is 9.59 Å². The van der Waals surface area contributed by atoms with E-state index >= 15 is 0 Å². The number of ether oxygens (including phenoxy) is 2. The fourth-order valence-corrected chi connectivity index (χ4v) is 4.67. The lowest BCUT2D eigenvalue weighted by atomic mass is 10.0. The van der Waals surface area contributed by atoms with Gasteiger partial charge in [-0.05, 0) is 35.7 Å². The summed E-state index contributed by atoms with van der Waals surface area (Å²) < 4.78 is 10.8. The molecule has 0 bridgehead atoms. The fraction of sp³-hybridized carbons (Fsp3) is 0.364. The maximum atomic E-state index is 13.6. The van der Waals surface area contributed by atoms with Crippen molar-refractivity contribution in [2.75, 3.05) is 24.4 Å². The number of benzene rings is 2. The molecule has 3 unspecified atom stereocenters. The van der Waals surface area contributed by atoms with Crippen LogP contribution >= 0.6 is 23.4 Å². The minimum Gasteiger partial charge on any atom is -0.497 e. The Morgan fingerprint density at radius 2 is 1.90 bits per heavy atom. The highest BCUT2D eigenvalue weighted by molar-refractivity contribution is 7.99. The number of thioether (sulfide) groups is 1. The second kappa shape index (κ2) is 9.55. The van der Waals surface area contributed by atoms with Gasteiger partial charge in [-0.2, -0.15) is 0 Å². The number of carbonyl (C=O) groups excluding carboxylic acids is 2. The molecular weight excluding hydrogens is 410 g/mol. The minimum atomic E-state index is -0.944. The van der Waals surface area contributed by atoms with Crippen molar-refractivity contribution in [3.63, 3.8) is 0 Å². The van der Waals surface area contributed by atoms with Gasteiger partial charge in [0.1, 0.15) is 5.75 Å². The Kier molecular flexibility index (Phi) is 7.09. The third-order valence-corrected chi connectivity index (χ3v) is 6.59. The van der Waals surface area contributed by atoms with Gasteiger partial charge in [-0.3, -0.25) is 9.59 Å². The highest BCUT2D eigenvalue weighted by atomic mass is 35.5. The number of hydrogen-bond acceptors (Lipinski definition) is 5. The van der Waals surface area contributed by atoms with E-state index in [2.05, 4.69) is 0 Å². The molecule has 3 rings (SSSR count).